The van der Waals surface area contributed by atoms with E-state index in [9.17, 15) is 24.5 Å². The summed E-state index contributed by atoms with van der Waals surface area (Å²) in [7, 11) is 0. The fourth-order valence-electron chi connectivity index (χ4n) is 4.31. The first kappa shape index (κ1) is 23.6. The number of aliphatic carboxylic acids is 1. The van der Waals surface area contributed by atoms with Gasteiger partial charge in [-0.05, 0) is 56.1 Å². The SMILES string of the molecule is O=C(O)CCCCCCC1[C@@H](CCC(O)CNc2ccccc2F)[C@H](O)C[C@@H]1O. The average Bonchev–Trinajstić information content (AvgIpc) is 2.94. The number of carboxylic acids is 1. The average molecular weight is 412 g/mol. The highest BCUT2D eigenvalue weighted by Crippen LogP contribution is 2.39. The molecule has 29 heavy (non-hydrogen) atoms. The summed E-state index contributed by atoms with van der Waals surface area (Å²) in [4.78, 5) is 10.5. The van der Waals surface area contributed by atoms with E-state index in [1.165, 1.54) is 6.07 Å². The summed E-state index contributed by atoms with van der Waals surface area (Å²) < 4.78 is 13.6. The van der Waals surface area contributed by atoms with Crippen LogP contribution in [0.15, 0.2) is 24.3 Å². The van der Waals surface area contributed by atoms with Gasteiger partial charge in [-0.15, -0.1) is 0 Å². The predicted molar refractivity (Wildman–Crippen MR) is 109 cm³/mol. The summed E-state index contributed by atoms with van der Waals surface area (Å²) in [5, 5.41) is 42.4. The second kappa shape index (κ2) is 12.1. The van der Waals surface area contributed by atoms with Crippen LogP contribution in [0.5, 0.6) is 0 Å². The topological polar surface area (TPSA) is 110 Å². The van der Waals surface area contributed by atoms with Crippen molar-refractivity contribution in [2.75, 3.05) is 11.9 Å². The molecule has 0 aliphatic heterocycles. The van der Waals surface area contributed by atoms with E-state index in [1.54, 1.807) is 18.2 Å². The van der Waals surface area contributed by atoms with E-state index >= 15 is 0 Å². The Bertz CT molecular complexity index is 629. The largest absolute Gasteiger partial charge is 0.481 e. The van der Waals surface area contributed by atoms with E-state index in [1.807, 2.05) is 0 Å². The van der Waals surface area contributed by atoms with E-state index in [0.717, 1.165) is 25.7 Å². The Morgan fingerprint density at radius 1 is 1.07 bits per heavy atom. The molecule has 0 spiro atoms. The second-order valence-electron chi connectivity index (χ2n) is 8.14. The third-order valence-electron chi connectivity index (χ3n) is 5.93. The second-order valence-corrected chi connectivity index (χ2v) is 8.14. The summed E-state index contributed by atoms with van der Waals surface area (Å²) >= 11 is 0. The molecule has 5 atom stereocenters. The minimum absolute atomic E-state index is 0.00352. The van der Waals surface area contributed by atoms with E-state index in [-0.39, 0.29) is 30.6 Å². The van der Waals surface area contributed by atoms with Gasteiger partial charge in [0.1, 0.15) is 5.82 Å². The van der Waals surface area contributed by atoms with E-state index in [2.05, 4.69) is 5.32 Å². The van der Waals surface area contributed by atoms with Gasteiger partial charge in [0.25, 0.3) is 0 Å². The number of anilines is 1. The van der Waals surface area contributed by atoms with Crippen LogP contribution in [-0.2, 0) is 4.79 Å². The molecule has 1 aliphatic rings. The lowest BCUT2D eigenvalue weighted by Gasteiger charge is -2.25. The minimum Gasteiger partial charge on any atom is -0.481 e. The maximum Gasteiger partial charge on any atom is 0.303 e. The summed E-state index contributed by atoms with van der Waals surface area (Å²) in [5.41, 5.74) is 0.351. The first-order chi connectivity index (χ1) is 13.9. The summed E-state index contributed by atoms with van der Waals surface area (Å²) in [6.07, 6.45) is 3.93. The Kier molecular flexibility index (Phi) is 9.84. The molecule has 1 saturated carbocycles. The Morgan fingerprint density at radius 3 is 2.41 bits per heavy atom. The molecule has 0 saturated heterocycles. The van der Waals surface area contributed by atoms with Crippen molar-refractivity contribution in [1.82, 2.24) is 0 Å². The van der Waals surface area contributed by atoms with Gasteiger partial charge >= 0.3 is 5.97 Å². The first-order valence-corrected chi connectivity index (χ1v) is 10.6. The standard InChI is InChI=1S/C22H34FNO5/c23-18-8-5-6-9-19(18)24-14-15(25)11-12-17-16(20(26)13-21(17)27)7-3-1-2-4-10-22(28)29/h5-6,8-9,15-17,20-21,24-27H,1-4,7,10-14H2,(H,28,29)/t15?,16?,17-,20+,21-/m1/s1. The zero-order valence-electron chi connectivity index (χ0n) is 16.8. The highest BCUT2D eigenvalue weighted by atomic mass is 19.1. The molecule has 1 aromatic rings. The van der Waals surface area contributed by atoms with E-state index < -0.39 is 24.3 Å². The smallest absolute Gasteiger partial charge is 0.303 e. The lowest BCUT2D eigenvalue weighted by Crippen LogP contribution is -2.26. The molecule has 0 radical (unpaired) electrons. The summed E-state index contributed by atoms with van der Waals surface area (Å²) in [6.45, 7) is 0.223. The van der Waals surface area contributed by atoms with Gasteiger partial charge in [0, 0.05) is 13.0 Å². The molecule has 164 valence electrons. The number of nitrogens with one attached hydrogen (secondary N) is 1. The van der Waals surface area contributed by atoms with Gasteiger partial charge in [0.05, 0.1) is 24.0 Å². The minimum atomic E-state index is -0.776. The fourth-order valence-corrected chi connectivity index (χ4v) is 4.31. The number of aliphatic hydroxyl groups is 3. The molecule has 0 aromatic heterocycles. The molecule has 1 aliphatic carbocycles. The van der Waals surface area contributed by atoms with Gasteiger partial charge in [-0.3, -0.25) is 4.79 Å². The number of halogens is 1. The van der Waals surface area contributed by atoms with E-state index in [4.69, 9.17) is 5.11 Å². The molecular weight excluding hydrogens is 377 g/mol. The third-order valence-corrected chi connectivity index (χ3v) is 5.93. The van der Waals surface area contributed by atoms with Crippen LogP contribution in [-0.4, -0.2) is 51.3 Å². The summed E-state index contributed by atoms with van der Waals surface area (Å²) in [5.74, 6) is -1.21. The molecule has 5 N–H and O–H groups in total. The van der Waals surface area contributed by atoms with Crippen molar-refractivity contribution >= 4 is 11.7 Å². The van der Waals surface area contributed by atoms with Gasteiger partial charge in [0.15, 0.2) is 0 Å². The van der Waals surface area contributed by atoms with Crippen LogP contribution in [0.25, 0.3) is 0 Å². The van der Waals surface area contributed by atoms with Crippen molar-refractivity contribution in [3.05, 3.63) is 30.1 Å². The number of hydrogen-bond donors (Lipinski definition) is 5. The van der Waals surface area contributed by atoms with Gasteiger partial charge < -0.3 is 25.7 Å². The molecule has 1 aromatic carbocycles. The monoisotopic (exact) mass is 411 g/mol. The molecule has 7 heteroatoms. The Hall–Kier alpha value is -1.70. The fraction of sp³-hybridized carbons (Fsp3) is 0.682. The molecule has 0 heterocycles. The first-order valence-electron chi connectivity index (χ1n) is 10.6. The van der Waals surface area contributed by atoms with Crippen molar-refractivity contribution < 1.29 is 29.6 Å². The predicted octanol–water partition coefficient (Wildman–Crippen LogP) is 3.16. The van der Waals surface area contributed by atoms with Crippen molar-refractivity contribution in [2.24, 2.45) is 11.8 Å². The Labute approximate surface area is 171 Å². The zero-order chi connectivity index (χ0) is 21.2. The highest BCUT2D eigenvalue weighted by Gasteiger charge is 2.40. The van der Waals surface area contributed by atoms with Crippen LogP contribution in [0.4, 0.5) is 10.1 Å². The number of carbonyl (C=O) groups is 1. The zero-order valence-corrected chi connectivity index (χ0v) is 16.8. The lowest BCUT2D eigenvalue weighted by atomic mass is 9.85. The van der Waals surface area contributed by atoms with Gasteiger partial charge in [0.2, 0.25) is 0 Å². The van der Waals surface area contributed by atoms with Crippen LogP contribution in [0.2, 0.25) is 0 Å². The maximum atomic E-state index is 13.6. The van der Waals surface area contributed by atoms with Crippen LogP contribution in [0, 0.1) is 17.7 Å². The molecule has 2 rings (SSSR count). The molecule has 1 fully saturated rings. The maximum absolute atomic E-state index is 13.6. The number of unbranched alkanes of at least 4 members (excludes halogenated alkanes) is 3. The normalized spacial score (nSPS) is 25.1. The third kappa shape index (κ3) is 7.91. The van der Waals surface area contributed by atoms with Crippen LogP contribution < -0.4 is 5.32 Å². The number of rotatable bonds is 13. The quantitative estimate of drug-likeness (QED) is 0.319. The van der Waals surface area contributed by atoms with Gasteiger partial charge in [-0.2, -0.15) is 0 Å². The van der Waals surface area contributed by atoms with Crippen LogP contribution >= 0.6 is 0 Å². The summed E-state index contributed by atoms with van der Waals surface area (Å²) in [6, 6.07) is 6.30. The number of benzene rings is 1. The highest BCUT2D eigenvalue weighted by molar-refractivity contribution is 5.66. The lowest BCUT2D eigenvalue weighted by molar-refractivity contribution is -0.137. The Balaban J connectivity index is 1.72. The number of aliphatic hydroxyl groups excluding tert-OH is 3. The van der Waals surface area contributed by atoms with E-state index in [0.29, 0.717) is 31.4 Å². The molecule has 0 bridgehead atoms. The molecule has 0 amide bonds. The van der Waals surface area contributed by atoms with Crippen LogP contribution in [0.3, 0.4) is 0 Å². The van der Waals surface area contributed by atoms with Crippen molar-refractivity contribution in [2.45, 2.75) is 76.1 Å². The number of hydrogen-bond acceptors (Lipinski definition) is 5. The van der Waals surface area contributed by atoms with Gasteiger partial charge in [-0.1, -0.05) is 31.4 Å². The number of para-hydroxylation sites is 1. The van der Waals surface area contributed by atoms with Crippen LogP contribution in [0.1, 0.15) is 57.8 Å². The van der Waals surface area contributed by atoms with Crippen molar-refractivity contribution in [1.29, 1.82) is 0 Å². The number of carboxylic acid groups (broad SMARTS) is 1. The van der Waals surface area contributed by atoms with Crippen molar-refractivity contribution in [3.8, 4) is 0 Å². The molecule has 2 unspecified atom stereocenters. The Morgan fingerprint density at radius 2 is 1.72 bits per heavy atom. The molecule has 6 nitrogen and oxygen atoms in total. The van der Waals surface area contributed by atoms with Gasteiger partial charge in [-0.25, -0.2) is 4.39 Å². The van der Waals surface area contributed by atoms with Crippen molar-refractivity contribution in [3.63, 3.8) is 0 Å². The molecular formula is C22H34FNO5.